The Morgan fingerprint density at radius 2 is 1.11 bits per heavy atom. The van der Waals surface area contributed by atoms with Gasteiger partial charge >= 0.3 is 0 Å². The molecule has 0 aromatic heterocycles. The molecule has 1 aliphatic rings. The Morgan fingerprint density at radius 3 is 1.61 bits per heavy atom. The third-order valence-electron chi connectivity index (χ3n) is 11.2. The number of rotatable bonds is 38. The standard InChI is InChI=1S/C47H89NO8/c1-4-5-6-7-8-9-10-11-12-13-14-15-16-17-18-19-20-24-27-30-33-36-43(51)48-40(38-55-47-46(54)45(53)44(52)42(37-49)56-47)41(50)35-32-29-26-23-21-22-25-28-31-34-39(2)3/h24,27,32,35,39-42,44-47,49-50,52-54H,4-23,25-26,28-31,33-34,36-38H2,1-3H3,(H,48,51). The van der Waals surface area contributed by atoms with Gasteiger partial charge in [-0.05, 0) is 44.4 Å². The molecule has 7 unspecified atom stereocenters. The van der Waals surface area contributed by atoms with Gasteiger partial charge in [0.05, 0.1) is 25.4 Å². The SMILES string of the molecule is CCCCCCCCCCCCCCCCCCC=CCCCC(=O)NC(COC1OC(CO)C(O)C(O)C1O)C(O)C=CCCCCCCCCCC(C)C. The number of allylic oxidation sites excluding steroid dienone is 3. The molecule has 9 heteroatoms. The highest BCUT2D eigenvalue weighted by molar-refractivity contribution is 5.76. The lowest BCUT2D eigenvalue weighted by Gasteiger charge is -2.40. The van der Waals surface area contributed by atoms with Crippen molar-refractivity contribution >= 4 is 5.91 Å². The number of aliphatic hydroxyl groups excluding tert-OH is 5. The Balaban J connectivity index is 2.32. The van der Waals surface area contributed by atoms with E-state index >= 15 is 0 Å². The molecule has 0 aromatic carbocycles. The second-order valence-corrected chi connectivity index (χ2v) is 17.0. The number of ether oxygens (including phenoxy) is 2. The van der Waals surface area contributed by atoms with Crippen LogP contribution in [0.1, 0.15) is 207 Å². The van der Waals surface area contributed by atoms with Gasteiger partial charge in [0.1, 0.15) is 24.4 Å². The monoisotopic (exact) mass is 796 g/mol. The second kappa shape index (κ2) is 36.7. The minimum atomic E-state index is -1.57. The molecule has 1 fully saturated rings. The van der Waals surface area contributed by atoms with Gasteiger partial charge in [0, 0.05) is 6.42 Å². The summed E-state index contributed by atoms with van der Waals surface area (Å²) in [7, 11) is 0. The van der Waals surface area contributed by atoms with E-state index in [1.54, 1.807) is 6.08 Å². The fraction of sp³-hybridized carbons (Fsp3) is 0.894. The van der Waals surface area contributed by atoms with Gasteiger partial charge < -0.3 is 40.3 Å². The Kier molecular flexibility index (Phi) is 34.6. The molecule has 56 heavy (non-hydrogen) atoms. The van der Waals surface area contributed by atoms with Crippen LogP contribution in [0.2, 0.25) is 0 Å². The summed E-state index contributed by atoms with van der Waals surface area (Å²) in [6, 6.07) is -0.817. The zero-order chi connectivity index (χ0) is 41.1. The van der Waals surface area contributed by atoms with Gasteiger partial charge in [-0.25, -0.2) is 0 Å². The molecule has 7 atom stereocenters. The maximum absolute atomic E-state index is 12.9. The van der Waals surface area contributed by atoms with E-state index in [2.05, 4.69) is 38.2 Å². The van der Waals surface area contributed by atoms with Gasteiger partial charge in [-0.15, -0.1) is 0 Å². The molecule has 0 aromatic rings. The van der Waals surface area contributed by atoms with Gasteiger partial charge in [0.2, 0.25) is 5.91 Å². The van der Waals surface area contributed by atoms with Gasteiger partial charge in [-0.1, -0.05) is 186 Å². The molecule has 1 heterocycles. The second-order valence-electron chi connectivity index (χ2n) is 17.0. The highest BCUT2D eigenvalue weighted by atomic mass is 16.7. The highest BCUT2D eigenvalue weighted by Crippen LogP contribution is 2.23. The Morgan fingerprint density at radius 1 is 0.643 bits per heavy atom. The van der Waals surface area contributed by atoms with Crippen molar-refractivity contribution < 1.29 is 39.8 Å². The van der Waals surface area contributed by atoms with Crippen molar-refractivity contribution in [1.29, 1.82) is 0 Å². The average Bonchev–Trinajstić information content (AvgIpc) is 3.18. The van der Waals surface area contributed by atoms with Gasteiger partial charge in [-0.2, -0.15) is 0 Å². The summed E-state index contributed by atoms with van der Waals surface area (Å²) >= 11 is 0. The lowest BCUT2D eigenvalue weighted by Crippen LogP contribution is -2.60. The third-order valence-corrected chi connectivity index (χ3v) is 11.2. The zero-order valence-electron chi connectivity index (χ0n) is 36.3. The predicted octanol–water partition coefficient (Wildman–Crippen LogP) is 9.75. The molecule has 0 saturated carbocycles. The largest absolute Gasteiger partial charge is 0.394 e. The van der Waals surface area contributed by atoms with E-state index in [0.717, 1.165) is 38.0 Å². The summed E-state index contributed by atoms with van der Waals surface area (Å²) in [5.74, 6) is 0.569. The lowest BCUT2D eigenvalue weighted by molar-refractivity contribution is -0.302. The lowest BCUT2D eigenvalue weighted by atomic mass is 9.99. The number of carbonyl (C=O) groups is 1. The van der Waals surface area contributed by atoms with Crippen molar-refractivity contribution in [2.45, 2.75) is 250 Å². The fourth-order valence-electron chi connectivity index (χ4n) is 7.40. The number of unbranched alkanes of at least 4 members (excludes halogenated alkanes) is 24. The van der Waals surface area contributed by atoms with E-state index in [0.29, 0.717) is 12.8 Å². The van der Waals surface area contributed by atoms with Crippen molar-refractivity contribution in [3.05, 3.63) is 24.3 Å². The number of hydrogen-bond acceptors (Lipinski definition) is 8. The molecule has 1 rings (SSSR count). The fourth-order valence-corrected chi connectivity index (χ4v) is 7.40. The summed E-state index contributed by atoms with van der Waals surface area (Å²) in [5.41, 5.74) is 0. The molecule has 0 bridgehead atoms. The number of amides is 1. The van der Waals surface area contributed by atoms with Crippen molar-refractivity contribution in [3.8, 4) is 0 Å². The van der Waals surface area contributed by atoms with Gasteiger partial charge in [0.25, 0.3) is 0 Å². The first-order valence-corrected chi connectivity index (χ1v) is 23.4. The molecule has 6 N–H and O–H groups in total. The van der Waals surface area contributed by atoms with Crippen LogP contribution >= 0.6 is 0 Å². The normalized spacial score (nSPS) is 21.4. The summed E-state index contributed by atoms with van der Waals surface area (Å²) in [6.45, 7) is 6.06. The highest BCUT2D eigenvalue weighted by Gasteiger charge is 2.44. The minimum absolute atomic E-state index is 0.198. The van der Waals surface area contributed by atoms with Crippen LogP contribution in [0.3, 0.4) is 0 Å². The molecule has 1 saturated heterocycles. The summed E-state index contributed by atoms with van der Waals surface area (Å²) in [4.78, 5) is 12.9. The average molecular weight is 796 g/mol. The summed E-state index contributed by atoms with van der Waals surface area (Å²) in [5, 5.41) is 54.1. The maximum Gasteiger partial charge on any atom is 0.220 e. The molecule has 330 valence electrons. The van der Waals surface area contributed by atoms with Crippen LogP contribution in [-0.4, -0.2) is 87.5 Å². The van der Waals surface area contributed by atoms with E-state index in [1.807, 2.05) is 6.08 Å². The molecule has 0 spiro atoms. The number of hydrogen-bond donors (Lipinski definition) is 6. The molecule has 0 radical (unpaired) electrons. The van der Waals surface area contributed by atoms with Crippen LogP contribution in [0.5, 0.6) is 0 Å². The van der Waals surface area contributed by atoms with Crippen molar-refractivity contribution in [3.63, 3.8) is 0 Å². The number of carbonyl (C=O) groups excluding carboxylic acids is 1. The van der Waals surface area contributed by atoms with Crippen molar-refractivity contribution in [2.75, 3.05) is 13.2 Å². The quantitative estimate of drug-likeness (QED) is 0.0267. The number of aliphatic hydroxyl groups is 5. The Hall–Kier alpha value is -1.33. The van der Waals surface area contributed by atoms with Crippen LogP contribution in [0.4, 0.5) is 0 Å². The molecule has 1 aliphatic heterocycles. The first-order chi connectivity index (χ1) is 27.2. The van der Waals surface area contributed by atoms with E-state index in [9.17, 15) is 30.3 Å². The maximum atomic E-state index is 12.9. The minimum Gasteiger partial charge on any atom is -0.394 e. The van der Waals surface area contributed by atoms with Gasteiger partial charge in [-0.3, -0.25) is 4.79 Å². The number of nitrogens with one attached hydrogen (secondary N) is 1. The molecular weight excluding hydrogens is 707 g/mol. The van der Waals surface area contributed by atoms with E-state index in [-0.39, 0.29) is 12.5 Å². The van der Waals surface area contributed by atoms with Crippen molar-refractivity contribution in [1.82, 2.24) is 5.32 Å². The van der Waals surface area contributed by atoms with Crippen molar-refractivity contribution in [2.24, 2.45) is 5.92 Å². The van der Waals surface area contributed by atoms with Crippen LogP contribution < -0.4 is 5.32 Å². The topological polar surface area (TPSA) is 149 Å². The molecule has 0 aliphatic carbocycles. The van der Waals surface area contributed by atoms with E-state index < -0.39 is 49.5 Å². The van der Waals surface area contributed by atoms with E-state index in [1.165, 1.54) is 141 Å². The smallest absolute Gasteiger partial charge is 0.220 e. The Labute approximate surface area is 343 Å². The van der Waals surface area contributed by atoms with Gasteiger partial charge in [0.15, 0.2) is 6.29 Å². The van der Waals surface area contributed by atoms with E-state index in [4.69, 9.17) is 9.47 Å². The summed E-state index contributed by atoms with van der Waals surface area (Å²) in [6.07, 6.45) is 35.3. The third kappa shape index (κ3) is 28.2. The molecular formula is C47H89NO8. The first-order valence-electron chi connectivity index (χ1n) is 23.4. The molecule has 1 amide bonds. The summed E-state index contributed by atoms with van der Waals surface area (Å²) < 4.78 is 11.2. The Bertz CT molecular complexity index is 943. The first kappa shape index (κ1) is 52.7. The van der Waals surface area contributed by atoms with Crippen LogP contribution in [0, 0.1) is 5.92 Å². The van der Waals surface area contributed by atoms with Crippen LogP contribution in [-0.2, 0) is 14.3 Å². The van der Waals surface area contributed by atoms with Crippen LogP contribution in [0.15, 0.2) is 24.3 Å². The van der Waals surface area contributed by atoms with Crippen LogP contribution in [0.25, 0.3) is 0 Å². The molecule has 9 nitrogen and oxygen atoms in total. The predicted molar refractivity (Wildman–Crippen MR) is 230 cm³/mol. The zero-order valence-corrected chi connectivity index (χ0v) is 36.3.